The van der Waals surface area contributed by atoms with Gasteiger partial charge in [0.05, 0.1) is 0 Å². The van der Waals surface area contributed by atoms with E-state index < -0.39 is 0 Å². The molecule has 0 radical (unpaired) electrons. The van der Waals surface area contributed by atoms with Gasteiger partial charge in [0.25, 0.3) is 0 Å². The summed E-state index contributed by atoms with van der Waals surface area (Å²) in [6.45, 7) is 3.07. The Bertz CT molecular complexity index is 650. The van der Waals surface area contributed by atoms with Crippen LogP contribution in [0.5, 0.6) is 0 Å². The Labute approximate surface area is 144 Å². The van der Waals surface area contributed by atoms with Crippen LogP contribution in [0.3, 0.4) is 0 Å². The molecule has 0 spiro atoms. The molecular formula is C18H18BrNOS. The molecule has 0 aliphatic carbocycles. The molecule has 3 rings (SSSR count). The Balaban J connectivity index is 1.83. The van der Waals surface area contributed by atoms with Crippen LogP contribution in [0.4, 0.5) is 0 Å². The first-order chi connectivity index (χ1) is 10.7. The van der Waals surface area contributed by atoms with Crippen molar-refractivity contribution in [2.45, 2.75) is 6.54 Å². The minimum atomic E-state index is 0.106. The number of carbonyl (C=O) groups is 1. The minimum absolute atomic E-state index is 0.106. The van der Waals surface area contributed by atoms with Crippen molar-refractivity contribution >= 4 is 33.5 Å². The van der Waals surface area contributed by atoms with Crippen LogP contribution in [-0.2, 0) is 6.54 Å². The highest BCUT2D eigenvalue weighted by Crippen LogP contribution is 2.20. The lowest BCUT2D eigenvalue weighted by Gasteiger charge is -2.26. The maximum atomic E-state index is 12.8. The number of benzene rings is 2. The van der Waals surface area contributed by atoms with Crippen molar-refractivity contribution in [3.8, 4) is 0 Å². The third-order valence-electron chi connectivity index (χ3n) is 3.87. The molecule has 0 aromatic heterocycles. The zero-order valence-corrected chi connectivity index (χ0v) is 14.7. The average Bonchev–Trinajstić information content (AvgIpc) is 2.56. The van der Waals surface area contributed by atoms with Crippen LogP contribution >= 0.6 is 27.7 Å². The fraction of sp³-hybridized carbons (Fsp3) is 0.278. The van der Waals surface area contributed by atoms with Crippen LogP contribution in [0.1, 0.15) is 21.5 Å². The van der Waals surface area contributed by atoms with Gasteiger partial charge in [-0.2, -0.15) is 11.8 Å². The number of halogens is 1. The summed E-state index contributed by atoms with van der Waals surface area (Å²) in [5.41, 5.74) is 2.69. The number of ketones is 1. The number of nitrogens with zero attached hydrogens (tertiary/aromatic N) is 1. The molecule has 2 aromatic rings. The lowest BCUT2D eigenvalue weighted by atomic mass is 9.98. The molecule has 114 valence electrons. The lowest BCUT2D eigenvalue weighted by molar-refractivity contribution is 0.103. The molecule has 0 atom stereocenters. The van der Waals surface area contributed by atoms with E-state index in [0.29, 0.717) is 0 Å². The summed E-state index contributed by atoms with van der Waals surface area (Å²) >= 11 is 5.42. The predicted molar refractivity (Wildman–Crippen MR) is 96.6 cm³/mol. The van der Waals surface area contributed by atoms with Gasteiger partial charge in [0.1, 0.15) is 0 Å². The van der Waals surface area contributed by atoms with Gasteiger partial charge in [-0.1, -0.05) is 40.2 Å². The molecule has 1 aliphatic rings. The first-order valence-corrected chi connectivity index (χ1v) is 9.37. The Hall–Kier alpha value is -1.10. The molecular weight excluding hydrogens is 358 g/mol. The van der Waals surface area contributed by atoms with E-state index in [2.05, 4.69) is 26.9 Å². The molecule has 22 heavy (non-hydrogen) atoms. The number of carbonyl (C=O) groups excluding carboxylic acids is 1. The van der Waals surface area contributed by atoms with Crippen LogP contribution in [-0.4, -0.2) is 35.3 Å². The van der Waals surface area contributed by atoms with E-state index in [1.807, 2.05) is 54.2 Å². The average molecular weight is 376 g/mol. The maximum Gasteiger partial charge on any atom is 0.193 e. The first-order valence-electron chi connectivity index (χ1n) is 7.42. The summed E-state index contributed by atoms with van der Waals surface area (Å²) in [6.07, 6.45) is 0. The lowest BCUT2D eigenvalue weighted by Crippen LogP contribution is -2.32. The second-order valence-electron chi connectivity index (χ2n) is 5.38. The molecule has 0 N–H and O–H groups in total. The molecule has 0 unspecified atom stereocenters. The zero-order chi connectivity index (χ0) is 15.4. The topological polar surface area (TPSA) is 20.3 Å². The van der Waals surface area contributed by atoms with Gasteiger partial charge in [-0.05, 0) is 29.8 Å². The van der Waals surface area contributed by atoms with Gasteiger partial charge < -0.3 is 0 Å². The van der Waals surface area contributed by atoms with Crippen LogP contribution < -0.4 is 0 Å². The summed E-state index contributed by atoms with van der Waals surface area (Å²) in [5.74, 6) is 2.47. The minimum Gasteiger partial charge on any atom is -0.297 e. The van der Waals surface area contributed by atoms with Gasteiger partial charge >= 0.3 is 0 Å². The van der Waals surface area contributed by atoms with Crippen molar-refractivity contribution in [2.75, 3.05) is 24.6 Å². The van der Waals surface area contributed by atoms with E-state index in [4.69, 9.17) is 0 Å². The summed E-state index contributed by atoms with van der Waals surface area (Å²) in [4.78, 5) is 15.2. The number of rotatable bonds is 4. The van der Waals surface area contributed by atoms with Gasteiger partial charge in [-0.25, -0.2) is 0 Å². The van der Waals surface area contributed by atoms with Crippen LogP contribution in [0.25, 0.3) is 0 Å². The maximum absolute atomic E-state index is 12.8. The molecule has 2 aromatic carbocycles. The molecule has 1 aliphatic heterocycles. The molecule has 2 nitrogen and oxygen atoms in total. The number of hydrogen-bond donors (Lipinski definition) is 0. The molecule has 4 heteroatoms. The second-order valence-corrected chi connectivity index (χ2v) is 7.52. The first kappa shape index (κ1) is 15.8. The van der Waals surface area contributed by atoms with E-state index in [-0.39, 0.29) is 5.78 Å². The van der Waals surface area contributed by atoms with Gasteiger partial charge in [0, 0.05) is 46.7 Å². The molecule has 0 amide bonds. The Morgan fingerprint density at radius 2 is 1.73 bits per heavy atom. The summed E-state index contributed by atoms with van der Waals surface area (Å²) in [7, 11) is 0. The highest BCUT2D eigenvalue weighted by atomic mass is 79.9. The van der Waals surface area contributed by atoms with E-state index in [1.165, 1.54) is 11.5 Å². The van der Waals surface area contributed by atoms with Crippen molar-refractivity contribution in [3.63, 3.8) is 0 Å². The smallest absolute Gasteiger partial charge is 0.193 e. The molecule has 1 fully saturated rings. The SMILES string of the molecule is O=C(c1ccc(Br)cc1)c1ccccc1CN1CCSCC1. The van der Waals surface area contributed by atoms with Crippen LogP contribution in [0.2, 0.25) is 0 Å². The molecule has 1 saturated heterocycles. The van der Waals surface area contributed by atoms with E-state index in [1.54, 1.807) is 0 Å². The second kappa shape index (κ2) is 7.44. The molecule has 1 heterocycles. The zero-order valence-electron chi connectivity index (χ0n) is 12.3. The third kappa shape index (κ3) is 3.80. The van der Waals surface area contributed by atoms with E-state index >= 15 is 0 Å². The van der Waals surface area contributed by atoms with Gasteiger partial charge in [-0.15, -0.1) is 0 Å². The quantitative estimate of drug-likeness (QED) is 0.745. The predicted octanol–water partition coefficient (Wildman–Crippen LogP) is 4.23. The summed E-state index contributed by atoms with van der Waals surface area (Å²) in [5, 5.41) is 0. The van der Waals surface area contributed by atoms with Gasteiger partial charge in [0.15, 0.2) is 5.78 Å². The number of hydrogen-bond acceptors (Lipinski definition) is 3. The Kier molecular flexibility index (Phi) is 5.34. The largest absolute Gasteiger partial charge is 0.297 e. The highest BCUT2D eigenvalue weighted by molar-refractivity contribution is 9.10. The number of thioether (sulfide) groups is 1. The van der Waals surface area contributed by atoms with Crippen molar-refractivity contribution in [2.24, 2.45) is 0 Å². The van der Waals surface area contributed by atoms with E-state index in [9.17, 15) is 4.79 Å². The molecule has 0 saturated carbocycles. The normalized spacial score (nSPS) is 15.7. The van der Waals surface area contributed by atoms with Gasteiger partial charge in [-0.3, -0.25) is 9.69 Å². The Morgan fingerprint density at radius 3 is 2.45 bits per heavy atom. The summed E-state index contributed by atoms with van der Waals surface area (Å²) < 4.78 is 0.989. The van der Waals surface area contributed by atoms with Crippen molar-refractivity contribution in [1.29, 1.82) is 0 Å². The van der Waals surface area contributed by atoms with E-state index in [0.717, 1.165) is 40.8 Å². The third-order valence-corrected chi connectivity index (χ3v) is 5.34. The standard InChI is InChI=1S/C18H18BrNOS/c19-16-7-5-14(6-8-16)18(21)17-4-2-1-3-15(17)13-20-9-11-22-12-10-20/h1-8H,9-13H2. The summed E-state index contributed by atoms with van der Waals surface area (Å²) in [6, 6.07) is 15.6. The fourth-order valence-corrected chi connectivity index (χ4v) is 3.88. The van der Waals surface area contributed by atoms with Gasteiger partial charge in [0.2, 0.25) is 0 Å². The van der Waals surface area contributed by atoms with Crippen molar-refractivity contribution < 1.29 is 4.79 Å². The Morgan fingerprint density at radius 1 is 1.05 bits per heavy atom. The monoisotopic (exact) mass is 375 g/mol. The highest BCUT2D eigenvalue weighted by Gasteiger charge is 2.16. The fourth-order valence-electron chi connectivity index (χ4n) is 2.64. The van der Waals surface area contributed by atoms with Crippen LogP contribution in [0.15, 0.2) is 53.0 Å². The van der Waals surface area contributed by atoms with Crippen molar-refractivity contribution in [1.82, 2.24) is 4.90 Å². The van der Waals surface area contributed by atoms with Crippen LogP contribution in [0, 0.1) is 0 Å². The molecule has 0 bridgehead atoms. The van der Waals surface area contributed by atoms with Crippen molar-refractivity contribution in [3.05, 3.63) is 69.7 Å².